The molecule has 0 spiro atoms. The third kappa shape index (κ3) is 2.99. The number of rotatable bonds is 2. The fourth-order valence-electron chi connectivity index (χ4n) is 3.33. The largest absolute Gasteiger partial charge is 0.464 e. The maximum atomic E-state index is 12.6. The molecule has 2 fully saturated rings. The van der Waals surface area contributed by atoms with Gasteiger partial charge in [-0.15, -0.1) is 0 Å². The second-order valence-electron chi connectivity index (χ2n) is 6.18. The van der Waals surface area contributed by atoms with Crippen molar-refractivity contribution in [1.29, 1.82) is 0 Å². The first-order chi connectivity index (χ1) is 10.5. The molecule has 5 nitrogen and oxygen atoms in total. The van der Waals surface area contributed by atoms with Crippen LogP contribution in [-0.4, -0.2) is 60.5 Å². The van der Waals surface area contributed by atoms with Crippen LogP contribution in [0.25, 0.3) is 0 Å². The van der Waals surface area contributed by atoms with Gasteiger partial charge >= 0.3 is 5.97 Å². The van der Waals surface area contributed by atoms with Gasteiger partial charge in [0.25, 0.3) is 5.91 Å². The Hall–Kier alpha value is -1.88. The predicted molar refractivity (Wildman–Crippen MR) is 82.8 cm³/mol. The molecular weight excluding hydrogens is 280 g/mol. The fourth-order valence-corrected chi connectivity index (χ4v) is 3.33. The number of nitrogens with zero attached hydrogens (tertiary/aromatic N) is 2. The Balaban J connectivity index is 1.63. The molecule has 1 atom stereocenters. The average Bonchev–Trinajstić information content (AvgIpc) is 2.92. The third-order valence-electron chi connectivity index (χ3n) is 4.42. The normalized spacial score (nSPS) is 22.7. The number of piperazine rings is 1. The average molecular weight is 302 g/mol. The van der Waals surface area contributed by atoms with Gasteiger partial charge in [0.05, 0.1) is 6.61 Å². The molecule has 118 valence electrons. The van der Waals surface area contributed by atoms with Crippen LogP contribution in [0.1, 0.15) is 27.9 Å². The number of amides is 1. The van der Waals surface area contributed by atoms with Crippen LogP contribution in [0, 0.1) is 13.8 Å². The van der Waals surface area contributed by atoms with E-state index in [9.17, 15) is 9.59 Å². The molecule has 2 aliphatic rings. The van der Waals surface area contributed by atoms with Crippen LogP contribution in [0.15, 0.2) is 18.2 Å². The maximum absolute atomic E-state index is 12.6. The van der Waals surface area contributed by atoms with E-state index in [0.29, 0.717) is 19.7 Å². The summed E-state index contributed by atoms with van der Waals surface area (Å²) in [6, 6.07) is 5.84. The van der Waals surface area contributed by atoms with Crippen molar-refractivity contribution in [2.45, 2.75) is 26.3 Å². The zero-order valence-electron chi connectivity index (χ0n) is 13.2. The smallest absolute Gasteiger partial charge is 0.323 e. The van der Waals surface area contributed by atoms with Crippen molar-refractivity contribution in [3.63, 3.8) is 0 Å². The van der Waals surface area contributed by atoms with Gasteiger partial charge in [-0.1, -0.05) is 17.2 Å². The van der Waals surface area contributed by atoms with Crippen molar-refractivity contribution in [2.24, 2.45) is 0 Å². The summed E-state index contributed by atoms with van der Waals surface area (Å²) in [5.74, 6) is -0.0328. The fraction of sp³-hybridized carbons (Fsp3) is 0.529. The number of ether oxygens (including phenoxy) is 1. The molecule has 0 radical (unpaired) electrons. The van der Waals surface area contributed by atoms with E-state index in [1.807, 2.05) is 30.9 Å². The lowest BCUT2D eigenvalue weighted by Gasteiger charge is -2.36. The zero-order valence-corrected chi connectivity index (χ0v) is 13.2. The summed E-state index contributed by atoms with van der Waals surface area (Å²) in [7, 11) is 0. The minimum atomic E-state index is -0.117. The second kappa shape index (κ2) is 6.08. The summed E-state index contributed by atoms with van der Waals surface area (Å²) in [5, 5.41) is 0. The van der Waals surface area contributed by atoms with Crippen LogP contribution in [0.4, 0.5) is 0 Å². The molecule has 0 N–H and O–H groups in total. The van der Waals surface area contributed by atoms with E-state index in [2.05, 4.69) is 11.0 Å². The summed E-state index contributed by atoms with van der Waals surface area (Å²) in [5.41, 5.74) is 2.97. The molecule has 0 bridgehead atoms. The van der Waals surface area contributed by atoms with Gasteiger partial charge in [-0.05, 0) is 26.0 Å². The molecule has 1 aromatic carbocycles. The van der Waals surface area contributed by atoms with Gasteiger partial charge in [-0.25, -0.2) is 0 Å². The number of esters is 1. The van der Waals surface area contributed by atoms with E-state index in [4.69, 9.17) is 4.74 Å². The monoisotopic (exact) mass is 302 g/mol. The molecule has 5 heteroatoms. The van der Waals surface area contributed by atoms with E-state index >= 15 is 0 Å². The summed E-state index contributed by atoms with van der Waals surface area (Å²) in [6.45, 7) is 7.32. The van der Waals surface area contributed by atoms with E-state index in [0.717, 1.165) is 36.2 Å². The van der Waals surface area contributed by atoms with Gasteiger partial charge in [0.2, 0.25) is 0 Å². The third-order valence-corrected chi connectivity index (χ3v) is 4.42. The zero-order chi connectivity index (χ0) is 15.7. The highest BCUT2D eigenvalue weighted by atomic mass is 16.5. The Morgan fingerprint density at radius 1 is 1.09 bits per heavy atom. The summed E-state index contributed by atoms with van der Waals surface area (Å²) in [4.78, 5) is 28.3. The summed E-state index contributed by atoms with van der Waals surface area (Å²) >= 11 is 0. The highest BCUT2D eigenvalue weighted by molar-refractivity contribution is 5.94. The molecule has 2 aliphatic heterocycles. The number of hydrogen-bond acceptors (Lipinski definition) is 4. The quantitative estimate of drug-likeness (QED) is 0.775. The van der Waals surface area contributed by atoms with Crippen molar-refractivity contribution in [1.82, 2.24) is 9.80 Å². The van der Waals surface area contributed by atoms with Gasteiger partial charge in [0.1, 0.15) is 6.04 Å². The van der Waals surface area contributed by atoms with Crippen LogP contribution in [0.2, 0.25) is 0 Å². The first-order valence-corrected chi connectivity index (χ1v) is 7.83. The molecule has 2 heterocycles. The lowest BCUT2D eigenvalue weighted by molar-refractivity contribution is -0.142. The molecule has 0 aromatic heterocycles. The van der Waals surface area contributed by atoms with E-state index < -0.39 is 0 Å². The number of benzene rings is 1. The number of aryl methyl sites for hydroxylation is 2. The number of hydrogen-bond donors (Lipinski definition) is 0. The molecule has 3 rings (SSSR count). The van der Waals surface area contributed by atoms with Crippen LogP contribution in [0.3, 0.4) is 0 Å². The number of carbonyl (C=O) groups is 2. The molecule has 1 aromatic rings. The van der Waals surface area contributed by atoms with Crippen LogP contribution < -0.4 is 0 Å². The Kier molecular flexibility index (Phi) is 4.16. The van der Waals surface area contributed by atoms with Crippen molar-refractivity contribution < 1.29 is 14.3 Å². The predicted octanol–water partition coefficient (Wildman–Crippen LogP) is 1.38. The van der Waals surface area contributed by atoms with E-state index in [1.54, 1.807) is 0 Å². The summed E-state index contributed by atoms with van der Waals surface area (Å²) < 4.78 is 5.03. The first kappa shape index (κ1) is 15.0. The number of cyclic esters (lactones) is 1. The van der Waals surface area contributed by atoms with Gasteiger partial charge < -0.3 is 9.64 Å². The van der Waals surface area contributed by atoms with Crippen molar-refractivity contribution in [3.8, 4) is 0 Å². The maximum Gasteiger partial charge on any atom is 0.323 e. The Morgan fingerprint density at radius 2 is 1.73 bits per heavy atom. The van der Waals surface area contributed by atoms with Crippen LogP contribution in [0.5, 0.6) is 0 Å². The van der Waals surface area contributed by atoms with Crippen molar-refractivity contribution >= 4 is 11.9 Å². The van der Waals surface area contributed by atoms with Gasteiger partial charge in [0.15, 0.2) is 0 Å². The van der Waals surface area contributed by atoms with E-state index in [1.165, 1.54) is 0 Å². The summed E-state index contributed by atoms with van der Waals surface area (Å²) in [6.07, 6.45) is 0.768. The first-order valence-electron chi connectivity index (χ1n) is 7.83. The molecule has 0 saturated carbocycles. The Morgan fingerprint density at radius 3 is 2.27 bits per heavy atom. The second-order valence-corrected chi connectivity index (χ2v) is 6.18. The van der Waals surface area contributed by atoms with Gasteiger partial charge in [-0.3, -0.25) is 14.5 Å². The van der Waals surface area contributed by atoms with Gasteiger partial charge in [0, 0.05) is 38.2 Å². The minimum Gasteiger partial charge on any atom is -0.464 e. The SMILES string of the molecule is Cc1cc(C)cc(C(=O)N2CCN(C3CCOC3=O)CC2)c1. The lowest BCUT2D eigenvalue weighted by Crippen LogP contribution is -2.53. The standard InChI is InChI=1S/C17H22N2O3/c1-12-9-13(2)11-14(10-12)16(20)19-6-4-18(5-7-19)15-3-8-22-17(15)21/h9-11,15H,3-8H2,1-2H3. The van der Waals surface area contributed by atoms with Crippen LogP contribution >= 0.6 is 0 Å². The molecule has 1 unspecified atom stereocenters. The number of carbonyl (C=O) groups excluding carboxylic acids is 2. The Bertz CT molecular complexity index is 571. The highest BCUT2D eigenvalue weighted by Crippen LogP contribution is 2.18. The van der Waals surface area contributed by atoms with Crippen molar-refractivity contribution in [2.75, 3.05) is 32.8 Å². The Labute approximate surface area is 130 Å². The lowest BCUT2D eigenvalue weighted by atomic mass is 10.1. The highest BCUT2D eigenvalue weighted by Gasteiger charge is 2.34. The molecular formula is C17H22N2O3. The van der Waals surface area contributed by atoms with Gasteiger partial charge in [-0.2, -0.15) is 0 Å². The molecule has 22 heavy (non-hydrogen) atoms. The molecule has 2 saturated heterocycles. The topological polar surface area (TPSA) is 49.9 Å². The van der Waals surface area contributed by atoms with Crippen LogP contribution in [-0.2, 0) is 9.53 Å². The van der Waals surface area contributed by atoms with Crippen molar-refractivity contribution in [3.05, 3.63) is 34.9 Å². The molecule has 1 amide bonds. The minimum absolute atomic E-state index is 0.0837. The van der Waals surface area contributed by atoms with E-state index in [-0.39, 0.29) is 17.9 Å². The molecule has 0 aliphatic carbocycles.